The average Bonchev–Trinajstić information content (AvgIpc) is 2.85. The van der Waals surface area contributed by atoms with Crippen molar-refractivity contribution < 1.29 is 32.6 Å². The highest BCUT2D eigenvalue weighted by molar-refractivity contribution is 7.94. The van der Waals surface area contributed by atoms with E-state index >= 15 is 0 Å². The zero-order valence-electron chi connectivity index (χ0n) is 15.4. The van der Waals surface area contributed by atoms with E-state index in [4.69, 9.17) is 10.5 Å². The Morgan fingerprint density at radius 3 is 2.76 bits per heavy atom. The number of carboxylic acids is 1. The molecule has 1 unspecified atom stereocenters. The first-order valence-corrected chi connectivity index (χ1v) is 10.2. The summed E-state index contributed by atoms with van der Waals surface area (Å²) in [4.78, 5) is 41.0. The maximum atomic E-state index is 13.2. The van der Waals surface area contributed by atoms with Crippen LogP contribution in [0.4, 0.5) is 4.79 Å². The second kappa shape index (κ2) is 7.44. The molecule has 0 aliphatic carbocycles. The van der Waals surface area contributed by atoms with Crippen LogP contribution in [0, 0.1) is 0 Å². The molecule has 11 nitrogen and oxygen atoms in total. The van der Waals surface area contributed by atoms with E-state index in [9.17, 15) is 27.9 Å². The lowest BCUT2D eigenvalue weighted by Gasteiger charge is -2.37. The number of fused-ring (bicyclic) bond motifs is 1. The maximum absolute atomic E-state index is 13.2. The Kier molecular flexibility index (Phi) is 5.32. The smallest absolute Gasteiger partial charge is 0.407 e. The van der Waals surface area contributed by atoms with Gasteiger partial charge in [-0.3, -0.25) is 9.78 Å². The first-order valence-electron chi connectivity index (χ1n) is 8.67. The van der Waals surface area contributed by atoms with Crippen LogP contribution in [0.2, 0.25) is 0 Å². The van der Waals surface area contributed by atoms with Crippen LogP contribution < -0.4 is 11.1 Å². The summed E-state index contributed by atoms with van der Waals surface area (Å²) in [6, 6.07) is 3.21. The molecular weight excluding hydrogens is 404 g/mol. The number of nitrogens with zero attached hydrogens (tertiary/aromatic N) is 2. The number of nitrogens with two attached hydrogens (primary N) is 1. The van der Waals surface area contributed by atoms with Gasteiger partial charge in [0.1, 0.15) is 11.4 Å². The molecule has 0 saturated carbocycles. The van der Waals surface area contributed by atoms with Gasteiger partial charge in [0, 0.05) is 19.3 Å². The summed E-state index contributed by atoms with van der Waals surface area (Å²) in [5.74, 6) is -2.22. The van der Waals surface area contributed by atoms with Crippen molar-refractivity contribution in [2.24, 2.45) is 5.73 Å². The number of pyridine rings is 1. The lowest BCUT2D eigenvalue weighted by Crippen LogP contribution is -2.59. The van der Waals surface area contributed by atoms with Gasteiger partial charge in [-0.15, -0.1) is 0 Å². The Labute approximate surface area is 166 Å². The van der Waals surface area contributed by atoms with Gasteiger partial charge in [0.05, 0.1) is 11.3 Å². The van der Waals surface area contributed by atoms with E-state index in [1.807, 2.05) is 0 Å². The number of ether oxygens (including phenoxy) is 1. The molecule has 2 aliphatic heterocycles. The van der Waals surface area contributed by atoms with Crippen LogP contribution >= 0.6 is 0 Å². The molecule has 0 bridgehead atoms. The van der Waals surface area contributed by atoms with Gasteiger partial charge in [0.15, 0.2) is 21.3 Å². The number of aromatic nitrogens is 1. The molecule has 156 valence electrons. The number of carboxylic acid groups (broad SMARTS) is 1. The molecule has 2 aliphatic rings. The third-order valence-corrected chi connectivity index (χ3v) is 7.64. The highest BCUT2D eigenvalue weighted by Crippen LogP contribution is 2.49. The zero-order valence-corrected chi connectivity index (χ0v) is 16.3. The van der Waals surface area contributed by atoms with Gasteiger partial charge in [-0.25, -0.2) is 18.0 Å². The molecule has 29 heavy (non-hydrogen) atoms. The van der Waals surface area contributed by atoms with Gasteiger partial charge >= 0.3 is 12.1 Å². The number of sulfone groups is 1. The number of carbonyl (C=O) groups excluding carboxylic acids is 2. The molecule has 0 radical (unpaired) electrons. The lowest BCUT2D eigenvalue weighted by molar-refractivity contribution is -0.153. The van der Waals surface area contributed by atoms with Crippen LogP contribution in [0.5, 0.6) is 0 Å². The minimum absolute atomic E-state index is 0.0775. The number of nitrogens with one attached hydrogen (secondary N) is 1. The number of carbonyl (C=O) groups is 3. The predicted octanol–water partition coefficient (Wildman–Crippen LogP) is -1.04. The second-order valence-corrected chi connectivity index (χ2v) is 9.28. The summed E-state index contributed by atoms with van der Waals surface area (Å²) in [7, 11) is -4.24. The quantitative estimate of drug-likeness (QED) is 0.381. The van der Waals surface area contributed by atoms with Gasteiger partial charge in [-0.05, 0) is 25.1 Å². The van der Waals surface area contributed by atoms with Gasteiger partial charge in [-0.2, -0.15) is 0 Å². The topological polar surface area (TPSA) is 169 Å². The molecule has 3 heterocycles. The molecule has 1 aromatic heterocycles. The molecule has 2 amide bonds. The van der Waals surface area contributed by atoms with Crippen molar-refractivity contribution in [3.63, 3.8) is 0 Å². The zero-order chi connectivity index (χ0) is 21.4. The number of aliphatic carboxylic acids is 1. The predicted molar refractivity (Wildman–Crippen MR) is 100 cm³/mol. The molecule has 1 aromatic rings. The summed E-state index contributed by atoms with van der Waals surface area (Å²) >= 11 is 0. The van der Waals surface area contributed by atoms with E-state index in [-0.39, 0.29) is 18.7 Å². The van der Waals surface area contributed by atoms with E-state index in [0.29, 0.717) is 5.69 Å². The van der Waals surface area contributed by atoms with Crippen LogP contribution in [0.3, 0.4) is 0 Å². The first-order chi connectivity index (χ1) is 13.6. The normalized spacial score (nSPS) is 28.6. The lowest BCUT2D eigenvalue weighted by atomic mass is 9.94. The molecule has 4 N–H and O–H groups in total. The number of rotatable bonds is 6. The fourth-order valence-electron chi connectivity index (χ4n) is 3.45. The number of hydrogen-bond donors (Lipinski definition) is 3. The summed E-state index contributed by atoms with van der Waals surface area (Å²) in [5.41, 5.74) is 5.55. The second-order valence-electron chi connectivity index (χ2n) is 6.81. The highest BCUT2D eigenvalue weighted by Gasteiger charge is 2.72. The third-order valence-electron chi connectivity index (χ3n) is 4.93. The van der Waals surface area contributed by atoms with Gasteiger partial charge in [-0.1, -0.05) is 6.07 Å². The Bertz CT molecular complexity index is 979. The van der Waals surface area contributed by atoms with E-state index < -0.39 is 50.6 Å². The molecule has 2 fully saturated rings. The van der Waals surface area contributed by atoms with Gasteiger partial charge < -0.3 is 25.8 Å². The summed E-state index contributed by atoms with van der Waals surface area (Å²) < 4.78 is 29.3. The van der Waals surface area contributed by atoms with Crippen LogP contribution in [-0.2, 0) is 24.2 Å². The summed E-state index contributed by atoms with van der Waals surface area (Å²) in [6.07, 6.45) is 1.87. The SMILES string of the molecule is C[C@]1(COC(=O)NCCN)[C@H](C(=O)O)N2C(=O)/C(=C/c3ccccn3)C2S1(=O)=O. The number of hydrogen-bond acceptors (Lipinski definition) is 8. The van der Waals surface area contributed by atoms with E-state index in [1.165, 1.54) is 12.3 Å². The maximum Gasteiger partial charge on any atom is 0.407 e. The minimum Gasteiger partial charge on any atom is -0.480 e. The van der Waals surface area contributed by atoms with Crippen molar-refractivity contribution in [2.45, 2.75) is 23.1 Å². The molecule has 0 aromatic carbocycles. The Morgan fingerprint density at radius 2 is 2.17 bits per heavy atom. The van der Waals surface area contributed by atoms with Crippen LogP contribution in [0.15, 0.2) is 30.0 Å². The largest absolute Gasteiger partial charge is 0.480 e. The molecule has 0 spiro atoms. The van der Waals surface area contributed by atoms with E-state index in [1.54, 1.807) is 18.2 Å². The monoisotopic (exact) mass is 424 g/mol. The fraction of sp³-hybridized carbons (Fsp3) is 0.412. The molecule has 3 rings (SSSR count). The van der Waals surface area contributed by atoms with Crippen LogP contribution in [-0.4, -0.2) is 77.2 Å². The van der Waals surface area contributed by atoms with Crippen molar-refractivity contribution in [3.8, 4) is 0 Å². The summed E-state index contributed by atoms with van der Waals surface area (Å²) in [5, 5.41) is 10.5. The summed E-state index contributed by atoms with van der Waals surface area (Å²) in [6.45, 7) is 0.671. The van der Waals surface area contributed by atoms with Gasteiger partial charge in [0.2, 0.25) is 0 Å². The Hall–Kier alpha value is -2.99. The van der Waals surface area contributed by atoms with Crippen molar-refractivity contribution in [1.29, 1.82) is 0 Å². The molecule has 3 atom stereocenters. The molecule has 2 saturated heterocycles. The molecule has 12 heteroatoms. The highest BCUT2D eigenvalue weighted by atomic mass is 32.2. The Morgan fingerprint density at radius 1 is 1.45 bits per heavy atom. The van der Waals surface area contributed by atoms with Crippen LogP contribution in [0.1, 0.15) is 12.6 Å². The number of alkyl carbamates (subject to hydrolysis) is 1. The molecular formula is C17H20N4O7S. The standard InChI is InChI=1S/C17H20N4O7S/c1-17(9-28-16(25)20-7-5-18)12(15(23)24)21-13(22)11(14(21)29(17,26)27)8-10-4-2-3-6-19-10/h2-4,6,8,12,14H,5,7,9,18H2,1H3,(H,20,25)(H,23,24)/b11-8-/t12-,14?,17-/m0/s1. The average molecular weight is 424 g/mol. The van der Waals surface area contributed by atoms with Crippen molar-refractivity contribution in [3.05, 3.63) is 35.7 Å². The van der Waals surface area contributed by atoms with Crippen molar-refractivity contribution in [1.82, 2.24) is 15.2 Å². The third kappa shape index (κ3) is 3.23. The minimum atomic E-state index is -4.24. The Balaban J connectivity index is 1.95. The number of β-lactam (4-membered cyclic amide) rings is 1. The fourth-order valence-corrected chi connectivity index (χ4v) is 5.73. The van der Waals surface area contributed by atoms with Crippen molar-refractivity contribution in [2.75, 3.05) is 19.7 Å². The number of amides is 2. The first kappa shape index (κ1) is 20.7. The van der Waals surface area contributed by atoms with E-state index in [2.05, 4.69) is 10.3 Å². The van der Waals surface area contributed by atoms with Crippen LogP contribution in [0.25, 0.3) is 6.08 Å². The van der Waals surface area contributed by atoms with Crippen molar-refractivity contribution >= 4 is 33.9 Å². The van der Waals surface area contributed by atoms with E-state index in [0.717, 1.165) is 11.8 Å². The van der Waals surface area contributed by atoms with Gasteiger partial charge in [0.25, 0.3) is 5.91 Å².